The minimum Gasteiger partial charge on any atom is -0.373 e. The molecule has 0 atom stereocenters. The minimum absolute atomic E-state index is 0.514. The first-order valence-corrected chi connectivity index (χ1v) is 4.31. The number of rotatable bonds is 4. The van der Waals surface area contributed by atoms with Crippen LogP contribution in [0.4, 0.5) is 0 Å². The molecule has 12 heavy (non-hydrogen) atoms. The summed E-state index contributed by atoms with van der Waals surface area (Å²) in [5.41, 5.74) is 2.30. The normalized spacial score (nSPS) is 12.0. The van der Waals surface area contributed by atoms with E-state index in [0.717, 1.165) is 18.0 Å². The molecule has 70 valence electrons. The summed E-state index contributed by atoms with van der Waals surface area (Å²) in [5.74, 6) is 0.514. The number of hydrogen-bond acceptors (Lipinski definition) is 2. The molecule has 2 heteroatoms. The van der Waals surface area contributed by atoms with Gasteiger partial charge in [-0.05, 0) is 12.8 Å². The van der Waals surface area contributed by atoms with Gasteiger partial charge in [-0.1, -0.05) is 20.4 Å². The third kappa shape index (κ3) is 3.56. The average molecular weight is 168 g/mol. The summed E-state index contributed by atoms with van der Waals surface area (Å²) in [6.45, 7) is 11.2. The highest BCUT2D eigenvalue weighted by atomic mass is 15.1. The van der Waals surface area contributed by atoms with Crippen LogP contribution in [0.3, 0.4) is 0 Å². The molecule has 0 spiro atoms. The van der Waals surface area contributed by atoms with E-state index in [1.807, 2.05) is 14.0 Å². The van der Waals surface area contributed by atoms with Crippen LogP contribution in [0.15, 0.2) is 17.3 Å². The molecule has 0 amide bonds. The minimum atomic E-state index is 0.514. The van der Waals surface area contributed by atoms with Crippen molar-refractivity contribution in [2.45, 2.75) is 20.8 Å². The van der Waals surface area contributed by atoms with Gasteiger partial charge in [-0.2, -0.15) is 0 Å². The molecule has 0 bridgehead atoms. The molecule has 0 aromatic carbocycles. The lowest BCUT2D eigenvalue weighted by atomic mass is 10.1. The van der Waals surface area contributed by atoms with Gasteiger partial charge in [-0.3, -0.25) is 4.99 Å². The highest BCUT2D eigenvalue weighted by Crippen LogP contribution is 2.10. The van der Waals surface area contributed by atoms with Crippen LogP contribution in [-0.4, -0.2) is 31.3 Å². The number of allylic oxidation sites excluding steroid dienone is 1. The molecule has 0 fully saturated rings. The topological polar surface area (TPSA) is 15.6 Å². The molecule has 0 unspecified atom stereocenters. The van der Waals surface area contributed by atoms with Gasteiger partial charge < -0.3 is 4.90 Å². The first-order chi connectivity index (χ1) is 5.49. The molecule has 0 aliphatic carbocycles. The van der Waals surface area contributed by atoms with Gasteiger partial charge in [0.2, 0.25) is 0 Å². The van der Waals surface area contributed by atoms with Crippen molar-refractivity contribution in [1.82, 2.24) is 4.90 Å². The van der Waals surface area contributed by atoms with Gasteiger partial charge in [0.05, 0.1) is 6.54 Å². The summed E-state index contributed by atoms with van der Waals surface area (Å²) in [4.78, 5) is 6.25. The summed E-state index contributed by atoms with van der Waals surface area (Å²) in [6, 6.07) is 0. The van der Waals surface area contributed by atoms with Gasteiger partial charge >= 0.3 is 0 Å². The van der Waals surface area contributed by atoms with E-state index in [9.17, 15) is 0 Å². The zero-order valence-corrected chi connectivity index (χ0v) is 8.89. The van der Waals surface area contributed by atoms with E-state index in [4.69, 9.17) is 0 Å². The molecule has 0 saturated heterocycles. The van der Waals surface area contributed by atoms with Gasteiger partial charge in [-0.15, -0.1) is 0 Å². The number of nitrogens with zero attached hydrogens (tertiary/aromatic N) is 2. The first-order valence-electron chi connectivity index (χ1n) is 4.31. The van der Waals surface area contributed by atoms with E-state index in [2.05, 4.69) is 37.4 Å². The standard InChI is InChI=1S/C10H20N2/c1-8(2)10(4)12(6)7-9(3)11-5/h8H,4,7H2,1-3,5-6H3. The van der Waals surface area contributed by atoms with Crippen molar-refractivity contribution < 1.29 is 0 Å². The smallest absolute Gasteiger partial charge is 0.0548 e. The van der Waals surface area contributed by atoms with Crippen molar-refractivity contribution >= 4 is 5.71 Å². The van der Waals surface area contributed by atoms with E-state index >= 15 is 0 Å². The maximum Gasteiger partial charge on any atom is 0.0548 e. The molecule has 0 saturated carbocycles. The Morgan fingerprint density at radius 3 is 2.33 bits per heavy atom. The van der Waals surface area contributed by atoms with E-state index in [1.54, 1.807) is 0 Å². The second-order valence-corrected chi connectivity index (χ2v) is 3.46. The Morgan fingerprint density at radius 1 is 1.50 bits per heavy atom. The van der Waals surface area contributed by atoms with Crippen LogP contribution in [0.1, 0.15) is 20.8 Å². The van der Waals surface area contributed by atoms with Gasteiger partial charge in [0.25, 0.3) is 0 Å². The largest absolute Gasteiger partial charge is 0.373 e. The van der Waals surface area contributed by atoms with Crippen LogP contribution < -0.4 is 0 Å². The van der Waals surface area contributed by atoms with Crippen molar-refractivity contribution in [3.63, 3.8) is 0 Å². The molecule has 0 rings (SSSR count). The van der Waals surface area contributed by atoms with Crippen molar-refractivity contribution in [1.29, 1.82) is 0 Å². The fourth-order valence-corrected chi connectivity index (χ4v) is 0.956. The molecule has 0 radical (unpaired) electrons. The highest BCUT2D eigenvalue weighted by Gasteiger charge is 2.06. The molecule has 0 aromatic heterocycles. The second-order valence-electron chi connectivity index (χ2n) is 3.46. The van der Waals surface area contributed by atoms with Gasteiger partial charge in [-0.25, -0.2) is 0 Å². The quantitative estimate of drug-likeness (QED) is 0.587. The predicted octanol–water partition coefficient (Wildman–Crippen LogP) is 2.18. The summed E-state index contributed by atoms with van der Waals surface area (Å²) >= 11 is 0. The molecular weight excluding hydrogens is 148 g/mol. The van der Waals surface area contributed by atoms with Crippen LogP contribution in [0.2, 0.25) is 0 Å². The maximum absolute atomic E-state index is 4.10. The maximum atomic E-state index is 4.10. The molecule has 0 heterocycles. The second kappa shape index (κ2) is 4.96. The van der Waals surface area contributed by atoms with Gasteiger partial charge in [0.1, 0.15) is 0 Å². The zero-order chi connectivity index (χ0) is 9.72. The molecule has 0 N–H and O–H groups in total. The molecule has 0 aromatic rings. The fraction of sp³-hybridized carbons (Fsp3) is 0.700. The average Bonchev–Trinajstić information content (AvgIpc) is 2.02. The molecule has 2 nitrogen and oxygen atoms in total. The van der Waals surface area contributed by atoms with Crippen molar-refractivity contribution in [2.24, 2.45) is 10.9 Å². The monoisotopic (exact) mass is 168 g/mol. The van der Waals surface area contributed by atoms with E-state index < -0.39 is 0 Å². The van der Waals surface area contributed by atoms with Crippen molar-refractivity contribution in [2.75, 3.05) is 20.6 Å². The van der Waals surface area contributed by atoms with Crippen LogP contribution in [0.25, 0.3) is 0 Å². The lowest BCUT2D eigenvalue weighted by Gasteiger charge is -2.24. The summed E-state index contributed by atoms with van der Waals surface area (Å²) in [7, 11) is 3.87. The Balaban J connectivity index is 4.04. The first kappa shape index (κ1) is 11.2. The Kier molecular flexibility index (Phi) is 4.64. The Morgan fingerprint density at radius 2 is 2.00 bits per heavy atom. The number of hydrogen-bond donors (Lipinski definition) is 0. The lowest BCUT2D eigenvalue weighted by Crippen LogP contribution is -2.25. The van der Waals surface area contributed by atoms with Gasteiger partial charge in [0, 0.05) is 25.5 Å². The Hall–Kier alpha value is -0.790. The van der Waals surface area contributed by atoms with E-state index in [-0.39, 0.29) is 0 Å². The van der Waals surface area contributed by atoms with E-state index in [0.29, 0.717) is 5.92 Å². The fourth-order valence-electron chi connectivity index (χ4n) is 0.956. The van der Waals surface area contributed by atoms with Crippen LogP contribution in [0.5, 0.6) is 0 Å². The highest BCUT2D eigenvalue weighted by molar-refractivity contribution is 5.83. The summed E-state index contributed by atoms with van der Waals surface area (Å²) in [5, 5.41) is 0. The lowest BCUT2D eigenvalue weighted by molar-refractivity contribution is 0.422. The van der Waals surface area contributed by atoms with Crippen LogP contribution in [-0.2, 0) is 0 Å². The Labute approximate surface area is 76.0 Å². The third-order valence-electron chi connectivity index (χ3n) is 2.00. The van der Waals surface area contributed by atoms with Crippen molar-refractivity contribution in [3.8, 4) is 0 Å². The van der Waals surface area contributed by atoms with Crippen molar-refractivity contribution in [3.05, 3.63) is 12.3 Å². The zero-order valence-electron chi connectivity index (χ0n) is 8.89. The molecule has 0 aliphatic heterocycles. The molecule has 0 aliphatic rings. The summed E-state index contributed by atoms with van der Waals surface area (Å²) in [6.07, 6.45) is 0. The molecular formula is C10H20N2. The van der Waals surface area contributed by atoms with Crippen LogP contribution >= 0.6 is 0 Å². The van der Waals surface area contributed by atoms with Gasteiger partial charge in [0.15, 0.2) is 0 Å². The number of aliphatic imine (C=N–C) groups is 1. The summed E-state index contributed by atoms with van der Waals surface area (Å²) < 4.78 is 0. The van der Waals surface area contributed by atoms with E-state index in [1.165, 1.54) is 0 Å². The Bertz CT molecular complexity index is 180. The predicted molar refractivity (Wildman–Crippen MR) is 55.6 cm³/mol. The third-order valence-corrected chi connectivity index (χ3v) is 2.00. The van der Waals surface area contributed by atoms with Crippen LogP contribution in [0, 0.1) is 5.92 Å². The SMILES string of the molecule is C=C(C(C)C)N(C)CC(C)=NC.